The van der Waals surface area contributed by atoms with Crippen LogP contribution in [0.2, 0.25) is 0 Å². The largest absolute Gasteiger partial charge is 0.495 e. The summed E-state index contributed by atoms with van der Waals surface area (Å²) in [5.41, 5.74) is 1.68. The lowest BCUT2D eigenvalue weighted by Gasteiger charge is -2.20. The molecule has 0 spiro atoms. The number of nitrogens with two attached hydrogens (primary N) is 1. The number of alkyl halides is 6. The van der Waals surface area contributed by atoms with Crippen LogP contribution in [0.3, 0.4) is 0 Å². The Morgan fingerprint density at radius 3 is 1.94 bits per heavy atom. The summed E-state index contributed by atoms with van der Waals surface area (Å²) in [6.07, 6.45) is -9.90. The number of ether oxygens (including phenoxy) is 1. The van der Waals surface area contributed by atoms with Gasteiger partial charge in [0.25, 0.3) is 0 Å². The third kappa shape index (κ3) is 2.69. The summed E-state index contributed by atoms with van der Waals surface area (Å²) in [7, 11) is 0.750. The van der Waals surface area contributed by atoms with Gasteiger partial charge in [-0.15, -0.1) is 0 Å². The van der Waals surface area contributed by atoms with E-state index in [0.29, 0.717) is 12.1 Å². The van der Waals surface area contributed by atoms with Crippen molar-refractivity contribution in [3.63, 3.8) is 0 Å². The zero-order chi connectivity index (χ0) is 14.1. The fraction of sp³-hybridized carbons (Fsp3) is 0.400. The van der Waals surface area contributed by atoms with Crippen molar-refractivity contribution in [3.05, 3.63) is 28.8 Å². The van der Waals surface area contributed by atoms with Gasteiger partial charge in [0.2, 0.25) is 0 Å². The van der Waals surface area contributed by atoms with Crippen LogP contribution in [0.5, 0.6) is 5.75 Å². The smallest absolute Gasteiger partial charge is 0.420 e. The van der Waals surface area contributed by atoms with E-state index in [9.17, 15) is 26.3 Å². The molecular formula is C10H9F6NO. The molecule has 2 N–H and O–H groups in total. The van der Waals surface area contributed by atoms with Gasteiger partial charge in [-0.3, -0.25) is 0 Å². The van der Waals surface area contributed by atoms with Crippen LogP contribution in [0, 0.1) is 0 Å². The van der Waals surface area contributed by atoms with Gasteiger partial charge in [-0.25, -0.2) is 0 Å². The molecular weight excluding hydrogens is 264 g/mol. The summed E-state index contributed by atoms with van der Waals surface area (Å²) >= 11 is 0. The first-order valence-electron chi connectivity index (χ1n) is 4.67. The Morgan fingerprint density at radius 2 is 1.61 bits per heavy atom. The van der Waals surface area contributed by atoms with E-state index in [-0.39, 0.29) is 0 Å². The predicted molar refractivity (Wildman–Crippen MR) is 50.9 cm³/mol. The zero-order valence-electron chi connectivity index (χ0n) is 9.12. The first-order valence-corrected chi connectivity index (χ1v) is 4.67. The molecule has 1 aromatic rings. The van der Waals surface area contributed by atoms with Gasteiger partial charge in [0, 0.05) is 6.54 Å². The molecule has 0 aliphatic carbocycles. The van der Waals surface area contributed by atoms with Gasteiger partial charge in [-0.2, -0.15) is 26.3 Å². The van der Waals surface area contributed by atoms with E-state index in [1.165, 1.54) is 0 Å². The third-order valence-electron chi connectivity index (χ3n) is 2.26. The summed E-state index contributed by atoms with van der Waals surface area (Å²) in [5, 5.41) is 0. The fourth-order valence-corrected chi connectivity index (χ4v) is 1.54. The number of methoxy groups -OCH3 is 1. The lowest BCUT2D eigenvalue weighted by atomic mass is 10.0. The predicted octanol–water partition coefficient (Wildman–Crippen LogP) is 3.19. The molecule has 0 aromatic heterocycles. The van der Waals surface area contributed by atoms with Crippen molar-refractivity contribution in [1.82, 2.24) is 0 Å². The maximum Gasteiger partial charge on any atom is 0.420 e. The molecule has 1 rings (SSSR count). The van der Waals surface area contributed by atoms with Crippen LogP contribution < -0.4 is 10.5 Å². The van der Waals surface area contributed by atoms with Crippen LogP contribution in [-0.4, -0.2) is 7.11 Å². The fourth-order valence-electron chi connectivity index (χ4n) is 1.54. The van der Waals surface area contributed by atoms with Crippen molar-refractivity contribution < 1.29 is 31.1 Å². The molecule has 0 heterocycles. The lowest BCUT2D eigenvalue weighted by molar-refractivity contribution is -0.145. The third-order valence-corrected chi connectivity index (χ3v) is 2.26. The molecule has 0 bridgehead atoms. The number of rotatable bonds is 2. The van der Waals surface area contributed by atoms with Crippen LogP contribution >= 0.6 is 0 Å². The second-order valence-electron chi connectivity index (χ2n) is 3.38. The summed E-state index contributed by atoms with van der Waals surface area (Å²) in [5.74, 6) is -1.25. The molecule has 0 amide bonds. The zero-order valence-corrected chi connectivity index (χ0v) is 9.12. The molecule has 2 nitrogen and oxygen atoms in total. The minimum Gasteiger partial charge on any atom is -0.495 e. The normalized spacial score (nSPS) is 12.7. The van der Waals surface area contributed by atoms with E-state index in [4.69, 9.17) is 5.73 Å². The highest BCUT2D eigenvalue weighted by molar-refractivity contribution is 5.49. The maximum atomic E-state index is 12.7. The summed E-state index contributed by atoms with van der Waals surface area (Å²) < 4.78 is 80.2. The summed E-state index contributed by atoms with van der Waals surface area (Å²) in [6.45, 7) is -0.538. The highest BCUT2D eigenvalue weighted by Crippen LogP contribution is 2.45. The molecule has 1 aromatic carbocycles. The molecule has 0 saturated heterocycles. The Hall–Kier alpha value is -1.44. The van der Waals surface area contributed by atoms with Crippen molar-refractivity contribution in [2.45, 2.75) is 18.9 Å². The van der Waals surface area contributed by atoms with Crippen LogP contribution in [-0.2, 0) is 18.9 Å². The lowest BCUT2D eigenvalue weighted by Crippen LogP contribution is -2.18. The maximum absolute atomic E-state index is 12.7. The Morgan fingerprint density at radius 1 is 1.06 bits per heavy atom. The van der Waals surface area contributed by atoms with E-state index in [2.05, 4.69) is 4.74 Å². The van der Waals surface area contributed by atoms with Crippen molar-refractivity contribution >= 4 is 0 Å². The Kier molecular flexibility index (Phi) is 3.80. The first-order chi connectivity index (χ1) is 8.12. The second-order valence-corrected chi connectivity index (χ2v) is 3.38. The summed E-state index contributed by atoms with van der Waals surface area (Å²) in [4.78, 5) is 0. The molecule has 18 heavy (non-hydrogen) atoms. The molecule has 8 heteroatoms. The van der Waals surface area contributed by atoms with Gasteiger partial charge in [0.05, 0.1) is 12.7 Å². The number of halogens is 6. The average Bonchev–Trinajstić information content (AvgIpc) is 2.24. The minimum absolute atomic E-state index is 0.452. The monoisotopic (exact) mass is 273 g/mol. The van der Waals surface area contributed by atoms with Crippen molar-refractivity contribution in [1.29, 1.82) is 0 Å². The van der Waals surface area contributed by atoms with Gasteiger partial charge in [-0.05, 0) is 11.6 Å². The van der Waals surface area contributed by atoms with E-state index >= 15 is 0 Å². The quantitative estimate of drug-likeness (QED) is 0.840. The van der Waals surface area contributed by atoms with E-state index in [1.54, 1.807) is 0 Å². The topological polar surface area (TPSA) is 35.2 Å². The highest BCUT2D eigenvalue weighted by atomic mass is 19.4. The number of hydrogen-bond donors (Lipinski definition) is 1. The van der Waals surface area contributed by atoms with Gasteiger partial charge < -0.3 is 10.5 Å². The van der Waals surface area contributed by atoms with Crippen molar-refractivity contribution in [3.8, 4) is 5.75 Å². The molecule has 0 radical (unpaired) electrons. The van der Waals surface area contributed by atoms with E-state index in [1.807, 2.05) is 0 Å². The molecule has 0 fully saturated rings. The Labute approximate surface area is 98.3 Å². The Bertz CT molecular complexity index is 437. The molecule has 102 valence electrons. The van der Waals surface area contributed by atoms with Gasteiger partial charge in [0.15, 0.2) is 0 Å². The molecule has 0 aliphatic heterocycles. The molecule has 0 aliphatic rings. The SMILES string of the molecule is COc1c(C(F)(F)F)ccc(CN)c1C(F)(F)F. The highest BCUT2D eigenvalue weighted by Gasteiger charge is 2.43. The van der Waals surface area contributed by atoms with Crippen LogP contribution in [0.1, 0.15) is 16.7 Å². The van der Waals surface area contributed by atoms with Crippen molar-refractivity contribution in [2.24, 2.45) is 5.73 Å². The second kappa shape index (κ2) is 4.68. The van der Waals surface area contributed by atoms with Crippen LogP contribution in [0.25, 0.3) is 0 Å². The van der Waals surface area contributed by atoms with Gasteiger partial charge in [0.1, 0.15) is 11.3 Å². The summed E-state index contributed by atoms with van der Waals surface area (Å²) in [6, 6.07) is 1.23. The van der Waals surface area contributed by atoms with Crippen LogP contribution in [0.15, 0.2) is 12.1 Å². The van der Waals surface area contributed by atoms with E-state index in [0.717, 1.165) is 7.11 Å². The van der Waals surface area contributed by atoms with Gasteiger partial charge in [-0.1, -0.05) is 6.07 Å². The standard InChI is InChI=1S/C10H9F6NO/c1-18-8-6(9(11,12)13)3-2-5(4-17)7(8)10(14,15)16/h2-3H,4,17H2,1H3. The average molecular weight is 273 g/mol. The van der Waals surface area contributed by atoms with Crippen molar-refractivity contribution in [2.75, 3.05) is 7.11 Å². The van der Waals surface area contributed by atoms with E-state index < -0.39 is 41.3 Å². The number of benzene rings is 1. The molecule has 0 unspecified atom stereocenters. The minimum atomic E-state index is -4.97. The first kappa shape index (κ1) is 14.6. The molecule has 0 atom stereocenters. The van der Waals surface area contributed by atoms with Gasteiger partial charge >= 0.3 is 12.4 Å². The van der Waals surface area contributed by atoms with Crippen LogP contribution in [0.4, 0.5) is 26.3 Å². The Balaban J connectivity index is 3.64. The number of hydrogen-bond acceptors (Lipinski definition) is 2. The molecule has 0 saturated carbocycles.